The molecule has 18 heavy (non-hydrogen) atoms. The molecule has 0 N–H and O–H groups in total. The molecule has 0 unspecified atom stereocenters. The Hall–Kier alpha value is -0.870. The van der Waals surface area contributed by atoms with Gasteiger partial charge in [0.1, 0.15) is 18.1 Å². The van der Waals surface area contributed by atoms with Gasteiger partial charge in [-0.1, -0.05) is 6.42 Å². The fraction of sp³-hybridized carbons (Fsp3) is 0.786. The number of methoxy groups -OCH3 is 1. The Balaban J connectivity index is 1.92. The first-order valence-corrected chi connectivity index (χ1v) is 6.78. The largest absolute Gasteiger partial charge is 0.498 e. The number of hydrogen-bond acceptors (Lipinski definition) is 4. The van der Waals surface area contributed by atoms with Crippen LogP contribution in [-0.4, -0.2) is 38.3 Å². The summed E-state index contributed by atoms with van der Waals surface area (Å²) in [6.45, 7) is 1.17. The molecule has 4 rings (SSSR count). The molecule has 4 nitrogen and oxygen atoms in total. The van der Waals surface area contributed by atoms with Gasteiger partial charge in [-0.15, -0.1) is 0 Å². The molecule has 1 heterocycles. The summed E-state index contributed by atoms with van der Waals surface area (Å²) in [5.41, 5.74) is -0.642. The summed E-state index contributed by atoms with van der Waals surface area (Å²) in [5, 5.41) is 0. The van der Waals surface area contributed by atoms with Crippen molar-refractivity contribution in [2.24, 2.45) is 17.3 Å². The van der Waals surface area contributed by atoms with Crippen LogP contribution in [-0.2, 0) is 19.0 Å². The predicted molar refractivity (Wildman–Crippen MR) is 62.8 cm³/mol. The Morgan fingerprint density at radius 1 is 1.50 bits per heavy atom. The van der Waals surface area contributed by atoms with Crippen molar-refractivity contribution in [1.82, 2.24) is 0 Å². The molecule has 3 fully saturated rings. The number of hydrogen-bond donors (Lipinski definition) is 0. The minimum absolute atomic E-state index is 0.0165. The first-order valence-electron chi connectivity index (χ1n) is 6.78. The quantitative estimate of drug-likeness (QED) is 0.693. The summed E-state index contributed by atoms with van der Waals surface area (Å²) in [6, 6.07) is 0. The SMILES string of the molecule is COC1=C[C@@]23CCC[C@@H]2[C@@H](C=O)[C@@]12OCCO[C@H]32. The van der Waals surface area contributed by atoms with E-state index in [0.717, 1.165) is 24.9 Å². The number of rotatable bonds is 2. The third-order valence-corrected chi connectivity index (χ3v) is 5.48. The van der Waals surface area contributed by atoms with E-state index in [9.17, 15) is 4.79 Å². The van der Waals surface area contributed by atoms with Gasteiger partial charge < -0.3 is 19.0 Å². The summed E-state index contributed by atoms with van der Waals surface area (Å²) >= 11 is 0. The van der Waals surface area contributed by atoms with Gasteiger partial charge >= 0.3 is 0 Å². The number of ether oxygens (including phenoxy) is 3. The Morgan fingerprint density at radius 2 is 2.39 bits per heavy atom. The molecule has 0 radical (unpaired) electrons. The third kappa shape index (κ3) is 0.926. The smallest absolute Gasteiger partial charge is 0.161 e. The molecule has 2 bridgehead atoms. The molecule has 4 aliphatic rings. The molecular weight excluding hydrogens is 232 g/mol. The molecule has 1 saturated heterocycles. The molecule has 2 saturated carbocycles. The van der Waals surface area contributed by atoms with Gasteiger partial charge in [0.2, 0.25) is 0 Å². The summed E-state index contributed by atoms with van der Waals surface area (Å²) in [5.74, 6) is 1.09. The normalized spacial score (nSPS) is 52.7. The van der Waals surface area contributed by atoms with Crippen LogP contribution < -0.4 is 0 Å². The predicted octanol–water partition coefficient (Wildman–Crippen LogP) is 1.30. The van der Waals surface area contributed by atoms with Gasteiger partial charge in [-0.05, 0) is 24.8 Å². The van der Waals surface area contributed by atoms with E-state index in [1.165, 1.54) is 6.42 Å². The molecule has 4 heteroatoms. The summed E-state index contributed by atoms with van der Waals surface area (Å²) in [6.07, 6.45) is 6.62. The first kappa shape index (κ1) is 11.0. The zero-order valence-electron chi connectivity index (χ0n) is 10.6. The molecule has 0 aromatic heterocycles. The molecule has 98 valence electrons. The van der Waals surface area contributed by atoms with E-state index in [0.29, 0.717) is 19.1 Å². The van der Waals surface area contributed by atoms with Gasteiger partial charge in [0, 0.05) is 5.41 Å². The Kier molecular flexibility index (Phi) is 2.06. The van der Waals surface area contributed by atoms with Gasteiger partial charge in [-0.25, -0.2) is 0 Å². The van der Waals surface area contributed by atoms with Crippen molar-refractivity contribution in [3.63, 3.8) is 0 Å². The molecule has 0 aromatic rings. The van der Waals surface area contributed by atoms with Crippen LogP contribution in [0.25, 0.3) is 0 Å². The van der Waals surface area contributed by atoms with E-state index in [4.69, 9.17) is 14.2 Å². The first-order chi connectivity index (χ1) is 8.79. The van der Waals surface area contributed by atoms with E-state index in [2.05, 4.69) is 6.08 Å². The summed E-state index contributed by atoms with van der Waals surface area (Å²) in [7, 11) is 1.67. The van der Waals surface area contributed by atoms with Gasteiger partial charge in [0.05, 0.1) is 26.2 Å². The lowest BCUT2D eigenvalue weighted by atomic mass is 9.75. The lowest BCUT2D eigenvalue weighted by Crippen LogP contribution is -2.53. The van der Waals surface area contributed by atoms with Crippen molar-refractivity contribution in [2.45, 2.75) is 31.0 Å². The van der Waals surface area contributed by atoms with Crippen molar-refractivity contribution >= 4 is 6.29 Å². The maximum atomic E-state index is 11.6. The highest BCUT2D eigenvalue weighted by molar-refractivity contribution is 5.64. The van der Waals surface area contributed by atoms with Crippen molar-refractivity contribution in [3.8, 4) is 0 Å². The van der Waals surface area contributed by atoms with Crippen LogP contribution in [0, 0.1) is 17.3 Å². The second-order valence-electron chi connectivity index (χ2n) is 5.88. The lowest BCUT2D eigenvalue weighted by molar-refractivity contribution is -0.204. The topological polar surface area (TPSA) is 44.8 Å². The molecule has 0 amide bonds. The van der Waals surface area contributed by atoms with Crippen molar-refractivity contribution in [2.75, 3.05) is 20.3 Å². The maximum Gasteiger partial charge on any atom is 0.161 e. The average Bonchev–Trinajstić information content (AvgIpc) is 3.00. The van der Waals surface area contributed by atoms with Crippen LogP contribution in [0.4, 0.5) is 0 Å². The van der Waals surface area contributed by atoms with Crippen LogP contribution in [0.1, 0.15) is 19.3 Å². The highest BCUT2D eigenvalue weighted by atomic mass is 16.6. The molecular formula is C14H18O4. The average molecular weight is 250 g/mol. The third-order valence-electron chi connectivity index (χ3n) is 5.48. The standard InChI is InChI=1S/C14H18O4/c1-16-11-7-13-4-2-3-9(13)10(8-15)14(11)12(13)17-5-6-18-14/h7-10,12H,2-6H2,1H3/t9-,10-,12-,13+,14-/m1/s1. The minimum Gasteiger partial charge on any atom is -0.498 e. The van der Waals surface area contributed by atoms with Crippen LogP contribution in [0.2, 0.25) is 0 Å². The lowest BCUT2D eigenvalue weighted by Gasteiger charge is -2.41. The zero-order valence-corrected chi connectivity index (χ0v) is 10.6. The Morgan fingerprint density at radius 3 is 3.17 bits per heavy atom. The van der Waals surface area contributed by atoms with E-state index >= 15 is 0 Å². The monoisotopic (exact) mass is 250 g/mol. The van der Waals surface area contributed by atoms with Crippen LogP contribution in [0.3, 0.4) is 0 Å². The fourth-order valence-electron chi connectivity index (χ4n) is 5.01. The van der Waals surface area contributed by atoms with Gasteiger partial charge in [-0.2, -0.15) is 0 Å². The summed E-state index contributed by atoms with van der Waals surface area (Å²) in [4.78, 5) is 11.6. The van der Waals surface area contributed by atoms with Crippen molar-refractivity contribution < 1.29 is 19.0 Å². The number of carbonyl (C=O) groups excluding carboxylic acids is 1. The van der Waals surface area contributed by atoms with Crippen LogP contribution >= 0.6 is 0 Å². The number of carbonyl (C=O) groups is 1. The molecule has 1 spiro atoms. The molecule has 0 aromatic carbocycles. The maximum absolute atomic E-state index is 11.6. The van der Waals surface area contributed by atoms with E-state index in [-0.39, 0.29) is 17.4 Å². The van der Waals surface area contributed by atoms with E-state index in [1.54, 1.807) is 7.11 Å². The molecule has 3 aliphatic carbocycles. The Bertz CT molecular complexity index is 432. The van der Waals surface area contributed by atoms with Crippen molar-refractivity contribution in [3.05, 3.63) is 11.8 Å². The van der Waals surface area contributed by atoms with Crippen molar-refractivity contribution in [1.29, 1.82) is 0 Å². The molecule has 5 atom stereocenters. The van der Waals surface area contributed by atoms with Gasteiger partial charge in [0.25, 0.3) is 0 Å². The second-order valence-corrected chi connectivity index (χ2v) is 5.88. The zero-order chi connectivity index (χ0) is 12.4. The van der Waals surface area contributed by atoms with E-state index in [1.807, 2.05) is 0 Å². The van der Waals surface area contributed by atoms with E-state index < -0.39 is 5.60 Å². The molecule has 1 aliphatic heterocycles. The second kappa shape index (κ2) is 3.36. The van der Waals surface area contributed by atoms with Crippen LogP contribution in [0.5, 0.6) is 0 Å². The minimum atomic E-state index is -0.625. The van der Waals surface area contributed by atoms with Gasteiger partial charge in [0.15, 0.2) is 5.60 Å². The highest BCUT2D eigenvalue weighted by Gasteiger charge is 2.76. The highest BCUT2D eigenvalue weighted by Crippen LogP contribution is 2.69. The Labute approximate surface area is 106 Å². The van der Waals surface area contributed by atoms with Gasteiger partial charge in [-0.3, -0.25) is 0 Å². The number of aldehydes is 1. The fourth-order valence-corrected chi connectivity index (χ4v) is 5.01. The summed E-state index contributed by atoms with van der Waals surface area (Å²) < 4.78 is 17.6. The van der Waals surface area contributed by atoms with Crippen LogP contribution in [0.15, 0.2) is 11.8 Å².